The molecule has 0 radical (unpaired) electrons. The number of oxime groups is 1. The van der Waals surface area contributed by atoms with Gasteiger partial charge in [0.05, 0.1) is 6.07 Å². The Hall–Kier alpha value is -3.48. The van der Waals surface area contributed by atoms with Gasteiger partial charge in [0.25, 0.3) is 0 Å². The SMILES string of the molecule is O=[N+]([O-])c1ccc(C2=NOC(c3ccc(-c4cccnc4)cc3)C2)o1. The van der Waals surface area contributed by atoms with Crippen LogP contribution in [0.25, 0.3) is 11.1 Å². The van der Waals surface area contributed by atoms with E-state index in [1.807, 2.05) is 42.6 Å². The van der Waals surface area contributed by atoms with Gasteiger partial charge in [-0.1, -0.05) is 35.5 Å². The first-order valence-corrected chi connectivity index (χ1v) is 7.68. The minimum atomic E-state index is -0.575. The van der Waals surface area contributed by atoms with Gasteiger partial charge in [0, 0.05) is 18.8 Å². The van der Waals surface area contributed by atoms with Gasteiger partial charge in [-0.2, -0.15) is 0 Å². The molecule has 0 fully saturated rings. The largest absolute Gasteiger partial charge is 0.433 e. The molecule has 2 aromatic heterocycles. The van der Waals surface area contributed by atoms with Crippen molar-refractivity contribution in [1.82, 2.24) is 4.98 Å². The van der Waals surface area contributed by atoms with Gasteiger partial charge in [-0.05, 0) is 28.8 Å². The summed E-state index contributed by atoms with van der Waals surface area (Å²) in [5.41, 5.74) is 3.65. The Balaban J connectivity index is 1.48. The summed E-state index contributed by atoms with van der Waals surface area (Å²) in [7, 11) is 0. The number of pyridine rings is 1. The van der Waals surface area contributed by atoms with Crippen LogP contribution in [0.3, 0.4) is 0 Å². The lowest BCUT2D eigenvalue weighted by Gasteiger charge is -2.09. The van der Waals surface area contributed by atoms with Crippen molar-refractivity contribution < 1.29 is 14.2 Å². The second-order valence-corrected chi connectivity index (χ2v) is 5.59. The van der Waals surface area contributed by atoms with Crippen LogP contribution in [0.5, 0.6) is 0 Å². The Bertz CT molecular complexity index is 932. The van der Waals surface area contributed by atoms with Crippen molar-refractivity contribution in [3.8, 4) is 11.1 Å². The molecule has 0 aliphatic carbocycles. The van der Waals surface area contributed by atoms with Gasteiger partial charge >= 0.3 is 5.88 Å². The topological polar surface area (TPSA) is 90.8 Å². The first-order chi connectivity index (χ1) is 12.2. The van der Waals surface area contributed by atoms with Crippen molar-refractivity contribution >= 4 is 11.6 Å². The molecule has 7 nitrogen and oxygen atoms in total. The fourth-order valence-corrected chi connectivity index (χ4v) is 2.71. The molecule has 1 aliphatic heterocycles. The highest BCUT2D eigenvalue weighted by molar-refractivity contribution is 5.99. The van der Waals surface area contributed by atoms with Crippen LogP contribution in [0.1, 0.15) is 23.8 Å². The van der Waals surface area contributed by atoms with Gasteiger partial charge < -0.3 is 9.25 Å². The fourth-order valence-electron chi connectivity index (χ4n) is 2.71. The van der Waals surface area contributed by atoms with E-state index >= 15 is 0 Å². The van der Waals surface area contributed by atoms with Crippen LogP contribution in [0.15, 0.2) is 70.5 Å². The number of furan rings is 1. The van der Waals surface area contributed by atoms with E-state index in [0.717, 1.165) is 16.7 Å². The lowest BCUT2D eigenvalue weighted by atomic mass is 10.00. The smallest absolute Gasteiger partial charge is 0.399 e. The summed E-state index contributed by atoms with van der Waals surface area (Å²) in [6.07, 6.45) is 3.81. The highest BCUT2D eigenvalue weighted by Crippen LogP contribution is 2.32. The molecular weight excluding hydrogens is 322 g/mol. The predicted octanol–water partition coefficient (Wildman–Crippen LogP) is 4.12. The molecule has 1 aliphatic rings. The molecule has 0 amide bonds. The van der Waals surface area contributed by atoms with E-state index in [1.165, 1.54) is 12.1 Å². The Morgan fingerprint density at radius 1 is 1.08 bits per heavy atom. The molecule has 1 atom stereocenters. The molecule has 0 bridgehead atoms. The maximum absolute atomic E-state index is 10.7. The Morgan fingerprint density at radius 2 is 1.92 bits per heavy atom. The molecule has 1 aromatic carbocycles. The predicted molar refractivity (Wildman–Crippen MR) is 90.0 cm³/mol. The van der Waals surface area contributed by atoms with E-state index in [9.17, 15) is 10.1 Å². The summed E-state index contributed by atoms with van der Waals surface area (Å²) in [4.78, 5) is 19.7. The first-order valence-electron chi connectivity index (χ1n) is 7.68. The van der Waals surface area contributed by atoms with Crippen LogP contribution >= 0.6 is 0 Å². The van der Waals surface area contributed by atoms with E-state index in [4.69, 9.17) is 9.25 Å². The molecule has 4 rings (SSSR count). The maximum Gasteiger partial charge on any atom is 0.433 e. The third-order valence-corrected chi connectivity index (χ3v) is 4.00. The summed E-state index contributed by atoms with van der Waals surface area (Å²) in [5.74, 6) is 0.0585. The molecular formula is C18H13N3O4. The average Bonchev–Trinajstić information content (AvgIpc) is 3.32. The minimum Gasteiger partial charge on any atom is -0.399 e. The number of nitro groups is 1. The molecule has 1 unspecified atom stereocenters. The molecule has 25 heavy (non-hydrogen) atoms. The van der Waals surface area contributed by atoms with Crippen molar-refractivity contribution in [3.05, 3.63) is 82.4 Å². The Kier molecular flexibility index (Phi) is 3.74. The lowest BCUT2D eigenvalue weighted by Crippen LogP contribution is -2.00. The molecule has 124 valence electrons. The van der Waals surface area contributed by atoms with Gasteiger partial charge in [-0.25, -0.2) is 0 Å². The van der Waals surface area contributed by atoms with Gasteiger partial charge in [0.2, 0.25) is 0 Å². The van der Waals surface area contributed by atoms with E-state index < -0.39 is 4.92 Å². The molecule has 0 N–H and O–H groups in total. The number of hydrogen-bond donors (Lipinski definition) is 0. The lowest BCUT2D eigenvalue weighted by molar-refractivity contribution is -0.402. The van der Waals surface area contributed by atoms with E-state index in [0.29, 0.717) is 17.9 Å². The molecule has 3 aromatic rings. The molecule has 0 saturated carbocycles. The van der Waals surface area contributed by atoms with Crippen molar-refractivity contribution in [2.45, 2.75) is 12.5 Å². The second kappa shape index (κ2) is 6.20. The molecule has 3 heterocycles. The number of hydrogen-bond acceptors (Lipinski definition) is 6. The van der Waals surface area contributed by atoms with E-state index in [-0.39, 0.29) is 12.0 Å². The average molecular weight is 335 g/mol. The van der Waals surface area contributed by atoms with Crippen LogP contribution in [-0.4, -0.2) is 15.6 Å². The van der Waals surface area contributed by atoms with E-state index in [2.05, 4.69) is 10.1 Å². The maximum atomic E-state index is 10.7. The Labute approximate surface area is 142 Å². The number of nitrogens with zero attached hydrogens (tertiary/aromatic N) is 3. The van der Waals surface area contributed by atoms with Crippen LogP contribution in [0, 0.1) is 10.1 Å². The fraction of sp³-hybridized carbons (Fsp3) is 0.111. The minimum absolute atomic E-state index is 0.234. The van der Waals surface area contributed by atoms with Gasteiger partial charge in [0.15, 0.2) is 11.9 Å². The van der Waals surface area contributed by atoms with Crippen LogP contribution in [0.2, 0.25) is 0 Å². The van der Waals surface area contributed by atoms with Crippen LogP contribution in [-0.2, 0) is 4.84 Å². The molecule has 0 spiro atoms. The van der Waals surface area contributed by atoms with Crippen molar-refractivity contribution in [1.29, 1.82) is 0 Å². The summed E-state index contributed by atoms with van der Waals surface area (Å²) in [6.45, 7) is 0. The van der Waals surface area contributed by atoms with Gasteiger partial charge in [-0.15, -0.1) is 0 Å². The molecule has 7 heteroatoms. The third-order valence-electron chi connectivity index (χ3n) is 4.00. The zero-order valence-corrected chi connectivity index (χ0v) is 13.0. The number of aromatic nitrogens is 1. The first kappa shape index (κ1) is 15.1. The highest BCUT2D eigenvalue weighted by atomic mass is 16.7. The van der Waals surface area contributed by atoms with Crippen molar-refractivity contribution in [2.75, 3.05) is 0 Å². The zero-order valence-electron chi connectivity index (χ0n) is 13.0. The third kappa shape index (κ3) is 2.99. The van der Waals surface area contributed by atoms with Crippen molar-refractivity contribution in [3.63, 3.8) is 0 Å². The Morgan fingerprint density at radius 3 is 2.60 bits per heavy atom. The monoisotopic (exact) mass is 335 g/mol. The normalized spacial score (nSPS) is 16.3. The molecule has 0 saturated heterocycles. The summed E-state index contributed by atoms with van der Waals surface area (Å²) in [6, 6.07) is 14.7. The van der Waals surface area contributed by atoms with Gasteiger partial charge in [-0.3, -0.25) is 15.1 Å². The van der Waals surface area contributed by atoms with Crippen LogP contribution < -0.4 is 0 Å². The zero-order chi connectivity index (χ0) is 17.2. The summed E-state index contributed by atoms with van der Waals surface area (Å²) >= 11 is 0. The second-order valence-electron chi connectivity index (χ2n) is 5.59. The summed E-state index contributed by atoms with van der Waals surface area (Å²) < 4.78 is 5.17. The quantitative estimate of drug-likeness (QED) is 0.528. The van der Waals surface area contributed by atoms with Crippen LogP contribution in [0.4, 0.5) is 5.88 Å². The standard InChI is InChI=1S/C18H13N3O4/c22-21(23)18-8-7-16(24-18)15-10-17(25-20-15)13-5-3-12(4-6-13)14-2-1-9-19-11-14/h1-9,11,17H,10H2. The van der Waals surface area contributed by atoms with Crippen molar-refractivity contribution in [2.24, 2.45) is 5.16 Å². The number of rotatable bonds is 4. The van der Waals surface area contributed by atoms with E-state index in [1.54, 1.807) is 6.20 Å². The number of benzene rings is 1. The summed E-state index contributed by atoms with van der Waals surface area (Å²) in [5, 5.41) is 14.7. The highest BCUT2D eigenvalue weighted by Gasteiger charge is 2.27. The van der Waals surface area contributed by atoms with Gasteiger partial charge in [0.1, 0.15) is 10.6 Å².